The minimum Gasteiger partial charge on any atom is -0.493 e. The number of hydrogen-bond acceptors (Lipinski definition) is 5. The van der Waals surface area contributed by atoms with Gasteiger partial charge in [0.25, 0.3) is 0 Å². The highest BCUT2D eigenvalue weighted by Crippen LogP contribution is 2.53. The van der Waals surface area contributed by atoms with Crippen LogP contribution in [-0.4, -0.2) is 53.0 Å². The van der Waals surface area contributed by atoms with Crippen LogP contribution < -0.4 is 4.74 Å². The normalized spacial score (nSPS) is 26.7. The van der Waals surface area contributed by atoms with Crippen LogP contribution in [-0.2, 0) is 11.2 Å². The van der Waals surface area contributed by atoms with E-state index in [0.29, 0.717) is 23.6 Å². The van der Waals surface area contributed by atoms with Crippen molar-refractivity contribution in [2.24, 2.45) is 5.41 Å². The number of ether oxygens (including phenoxy) is 2. The largest absolute Gasteiger partial charge is 0.493 e. The van der Waals surface area contributed by atoms with Crippen molar-refractivity contribution in [2.45, 2.75) is 62.7 Å². The second-order valence-electron chi connectivity index (χ2n) is 9.23. The zero-order chi connectivity index (χ0) is 24.5. The summed E-state index contributed by atoms with van der Waals surface area (Å²) in [7, 11) is 0. The molecule has 4 unspecified atom stereocenters. The predicted molar refractivity (Wildman–Crippen MR) is 120 cm³/mol. The topological polar surface area (TPSA) is 79.2 Å². The van der Waals surface area contributed by atoms with E-state index in [-0.39, 0.29) is 25.9 Å². The van der Waals surface area contributed by atoms with Crippen molar-refractivity contribution in [2.75, 3.05) is 13.2 Å². The van der Waals surface area contributed by atoms with Gasteiger partial charge in [0.05, 0.1) is 24.2 Å². The van der Waals surface area contributed by atoms with Crippen molar-refractivity contribution in [3.8, 4) is 5.75 Å². The summed E-state index contributed by atoms with van der Waals surface area (Å²) in [5.41, 5.74) is 0.734. The molecule has 2 fully saturated rings. The molecule has 4 atom stereocenters. The number of aliphatic hydroxyl groups excluding tert-OH is 3. The zero-order valence-electron chi connectivity index (χ0n) is 18.5. The molecule has 5 nitrogen and oxygen atoms in total. The molecule has 1 saturated carbocycles. The monoisotopic (exact) mass is 500 g/mol. The lowest BCUT2D eigenvalue weighted by Crippen LogP contribution is -2.48. The third-order valence-electron chi connectivity index (χ3n) is 6.94. The molecule has 1 heterocycles. The fraction of sp³-hybridized carbons (Fsp3) is 0.520. The first-order valence-corrected chi connectivity index (χ1v) is 11.7. The van der Waals surface area contributed by atoms with Gasteiger partial charge in [-0.15, -0.1) is 0 Å². The predicted octanol–water partition coefficient (Wildman–Crippen LogP) is 4.59. The van der Waals surface area contributed by atoms with Crippen LogP contribution in [0, 0.1) is 5.41 Å². The fourth-order valence-corrected chi connectivity index (χ4v) is 4.69. The summed E-state index contributed by atoms with van der Waals surface area (Å²) < 4.78 is 51.2. The smallest absolute Gasteiger partial charge is 0.397 e. The molecule has 1 aliphatic carbocycles. The standard InChI is InChI=1S/C25H28ClF3O5/c26-19-7-4-16(21-12-20(31)23(32)22(13-30)34-21)11-17(19)10-15-2-5-18(6-3-15)33-14-24(8-1-9-24)25(27,28)29/h2-7,11,20-23,30-32H,1,8-10,12-14H2. The first-order valence-electron chi connectivity index (χ1n) is 11.3. The Labute approximate surface area is 201 Å². The van der Waals surface area contributed by atoms with E-state index in [9.17, 15) is 28.5 Å². The van der Waals surface area contributed by atoms with E-state index in [1.807, 2.05) is 6.07 Å². The summed E-state index contributed by atoms with van der Waals surface area (Å²) in [6.45, 7) is -0.784. The summed E-state index contributed by atoms with van der Waals surface area (Å²) >= 11 is 6.39. The van der Waals surface area contributed by atoms with Crippen molar-refractivity contribution in [1.29, 1.82) is 0 Å². The Kier molecular flexibility index (Phi) is 7.45. The Morgan fingerprint density at radius 3 is 2.38 bits per heavy atom. The summed E-state index contributed by atoms with van der Waals surface area (Å²) in [5, 5.41) is 30.0. The van der Waals surface area contributed by atoms with E-state index >= 15 is 0 Å². The van der Waals surface area contributed by atoms with Crippen molar-refractivity contribution < 1.29 is 38.0 Å². The molecule has 34 heavy (non-hydrogen) atoms. The zero-order valence-corrected chi connectivity index (χ0v) is 19.2. The van der Waals surface area contributed by atoms with Crippen molar-refractivity contribution in [3.63, 3.8) is 0 Å². The van der Waals surface area contributed by atoms with Crippen molar-refractivity contribution in [3.05, 3.63) is 64.2 Å². The minimum absolute atomic E-state index is 0.100. The highest BCUT2D eigenvalue weighted by Gasteiger charge is 2.58. The maximum atomic E-state index is 13.3. The summed E-state index contributed by atoms with van der Waals surface area (Å²) in [5.74, 6) is 0.386. The average molecular weight is 501 g/mol. The Morgan fingerprint density at radius 2 is 1.79 bits per heavy atom. The summed E-state index contributed by atoms with van der Waals surface area (Å²) in [6.07, 6.45) is -6.39. The summed E-state index contributed by atoms with van der Waals surface area (Å²) in [4.78, 5) is 0. The van der Waals surface area contributed by atoms with E-state index in [1.165, 1.54) is 0 Å². The molecule has 3 N–H and O–H groups in total. The second kappa shape index (κ2) is 10.0. The van der Waals surface area contributed by atoms with Crippen LogP contribution in [0.15, 0.2) is 42.5 Å². The molecule has 2 aliphatic rings. The lowest BCUT2D eigenvalue weighted by Gasteiger charge is -2.42. The van der Waals surface area contributed by atoms with Gasteiger partial charge in [-0.1, -0.05) is 42.3 Å². The molecule has 0 bridgehead atoms. The molecular formula is C25H28ClF3O5. The SMILES string of the molecule is OCC1OC(c2ccc(Cl)c(Cc3ccc(OCC4(C(F)(F)F)CCC4)cc3)c2)CC(O)C1O. The molecule has 0 amide bonds. The number of alkyl halides is 3. The number of benzene rings is 2. The van der Waals surface area contributed by atoms with Crippen LogP contribution in [0.2, 0.25) is 5.02 Å². The fourth-order valence-electron chi connectivity index (χ4n) is 4.51. The van der Waals surface area contributed by atoms with Gasteiger partial charge in [-0.3, -0.25) is 0 Å². The Balaban J connectivity index is 1.42. The van der Waals surface area contributed by atoms with Gasteiger partial charge in [-0.25, -0.2) is 0 Å². The van der Waals surface area contributed by atoms with Gasteiger partial charge in [0.1, 0.15) is 24.6 Å². The Hall–Kier alpha value is -1.84. The third kappa shape index (κ3) is 5.21. The van der Waals surface area contributed by atoms with Crippen molar-refractivity contribution >= 4 is 11.6 Å². The first kappa shape index (κ1) is 25.3. The van der Waals surface area contributed by atoms with E-state index in [4.69, 9.17) is 21.1 Å². The maximum absolute atomic E-state index is 13.3. The van der Waals surface area contributed by atoms with Gasteiger partial charge in [0, 0.05) is 11.4 Å². The highest BCUT2D eigenvalue weighted by molar-refractivity contribution is 6.31. The van der Waals surface area contributed by atoms with Crippen LogP contribution in [0.1, 0.15) is 48.5 Å². The molecule has 186 valence electrons. The van der Waals surface area contributed by atoms with Gasteiger partial charge < -0.3 is 24.8 Å². The molecule has 9 heteroatoms. The molecule has 1 saturated heterocycles. The lowest BCUT2D eigenvalue weighted by molar-refractivity contribution is -0.259. The van der Waals surface area contributed by atoms with Crippen LogP contribution >= 0.6 is 11.6 Å². The van der Waals surface area contributed by atoms with E-state index in [0.717, 1.165) is 16.7 Å². The van der Waals surface area contributed by atoms with Crippen LogP contribution in [0.5, 0.6) is 5.75 Å². The third-order valence-corrected chi connectivity index (χ3v) is 7.31. The molecule has 0 radical (unpaired) electrons. The van der Waals surface area contributed by atoms with E-state index < -0.39 is 42.6 Å². The lowest BCUT2D eigenvalue weighted by atomic mass is 9.69. The van der Waals surface area contributed by atoms with E-state index in [2.05, 4.69) is 0 Å². The Morgan fingerprint density at radius 1 is 1.09 bits per heavy atom. The molecule has 2 aromatic rings. The number of hydrogen-bond donors (Lipinski definition) is 3. The van der Waals surface area contributed by atoms with Gasteiger partial charge in [-0.2, -0.15) is 13.2 Å². The van der Waals surface area contributed by atoms with Gasteiger partial charge in [0.15, 0.2) is 0 Å². The minimum atomic E-state index is -4.26. The molecule has 1 aliphatic heterocycles. The van der Waals surface area contributed by atoms with Gasteiger partial charge in [-0.05, 0) is 54.2 Å². The second-order valence-corrected chi connectivity index (χ2v) is 9.64. The van der Waals surface area contributed by atoms with Gasteiger partial charge >= 0.3 is 6.18 Å². The molecular weight excluding hydrogens is 473 g/mol. The Bertz CT molecular complexity index is 978. The maximum Gasteiger partial charge on any atom is 0.397 e. The number of halogens is 4. The van der Waals surface area contributed by atoms with Crippen LogP contribution in [0.4, 0.5) is 13.2 Å². The highest BCUT2D eigenvalue weighted by atomic mass is 35.5. The average Bonchev–Trinajstić information content (AvgIpc) is 2.76. The molecule has 0 aromatic heterocycles. The quantitative estimate of drug-likeness (QED) is 0.518. The number of aliphatic hydroxyl groups is 3. The van der Waals surface area contributed by atoms with E-state index in [1.54, 1.807) is 36.4 Å². The van der Waals surface area contributed by atoms with Gasteiger partial charge in [0.2, 0.25) is 0 Å². The molecule has 4 rings (SSSR count). The molecule has 2 aromatic carbocycles. The summed E-state index contributed by atoms with van der Waals surface area (Å²) in [6, 6.07) is 12.3. The van der Waals surface area contributed by atoms with Crippen LogP contribution in [0.3, 0.4) is 0 Å². The number of rotatable bonds is 7. The van der Waals surface area contributed by atoms with Crippen LogP contribution in [0.25, 0.3) is 0 Å². The van der Waals surface area contributed by atoms with Crippen molar-refractivity contribution in [1.82, 2.24) is 0 Å². The molecule has 0 spiro atoms. The first-order chi connectivity index (χ1) is 16.1.